The molecular weight excluding hydrogens is 322 g/mol. The molecule has 2 atom stereocenters. The standard InChI is InChI=1S/C23H27NO2/c1-13-9-8-10-15-18(13)24-14(2)17-19-16(11-12-25-19)26-20(17)23(24,7)22(5,6)21(15,3)4/h8-12,14H,1-7H3/t14-,23?/m0/s1. The Bertz CT molecular complexity index is 1050. The molecule has 2 aliphatic heterocycles. The van der Waals surface area contributed by atoms with E-state index in [0.29, 0.717) is 0 Å². The molecule has 26 heavy (non-hydrogen) atoms. The van der Waals surface area contributed by atoms with Gasteiger partial charge in [0.25, 0.3) is 0 Å². The van der Waals surface area contributed by atoms with Crippen LogP contribution in [0.2, 0.25) is 0 Å². The smallest absolute Gasteiger partial charge is 0.177 e. The zero-order chi connectivity index (χ0) is 18.6. The Morgan fingerprint density at radius 1 is 1.04 bits per heavy atom. The molecule has 1 unspecified atom stereocenters. The monoisotopic (exact) mass is 349 g/mol. The van der Waals surface area contributed by atoms with Crippen molar-refractivity contribution in [3.05, 3.63) is 53.0 Å². The Morgan fingerprint density at radius 2 is 1.77 bits per heavy atom. The molecule has 0 bridgehead atoms. The van der Waals surface area contributed by atoms with E-state index in [1.807, 2.05) is 6.07 Å². The van der Waals surface area contributed by atoms with Crippen molar-refractivity contribution in [2.75, 3.05) is 4.90 Å². The van der Waals surface area contributed by atoms with Gasteiger partial charge in [0, 0.05) is 17.2 Å². The molecule has 3 nitrogen and oxygen atoms in total. The van der Waals surface area contributed by atoms with Crippen molar-refractivity contribution in [1.29, 1.82) is 0 Å². The lowest BCUT2D eigenvalue weighted by atomic mass is 9.52. The predicted octanol–water partition coefficient (Wildman–Crippen LogP) is 6.45. The van der Waals surface area contributed by atoms with Gasteiger partial charge in [0.15, 0.2) is 11.2 Å². The van der Waals surface area contributed by atoms with Crippen LogP contribution in [0.25, 0.3) is 11.2 Å². The molecule has 0 saturated carbocycles. The number of hydrogen-bond donors (Lipinski definition) is 0. The lowest BCUT2D eigenvalue weighted by molar-refractivity contribution is 0.0521. The first kappa shape index (κ1) is 16.0. The van der Waals surface area contributed by atoms with Crippen molar-refractivity contribution in [2.45, 2.75) is 65.5 Å². The van der Waals surface area contributed by atoms with Gasteiger partial charge in [-0.15, -0.1) is 0 Å². The number of nitrogens with zero attached hydrogens (tertiary/aromatic N) is 1. The third-order valence-electron chi connectivity index (χ3n) is 7.99. The Balaban J connectivity index is 1.94. The van der Waals surface area contributed by atoms with Crippen molar-refractivity contribution in [3.63, 3.8) is 0 Å². The highest BCUT2D eigenvalue weighted by Crippen LogP contribution is 2.68. The SMILES string of the molecule is Cc1cccc2c1N1[C@@H](C)c3c(oc4ccoc34)C1(C)C(C)(C)C2(C)C. The summed E-state index contributed by atoms with van der Waals surface area (Å²) in [4.78, 5) is 2.60. The Hall–Kier alpha value is -2.16. The van der Waals surface area contributed by atoms with Crippen LogP contribution >= 0.6 is 0 Å². The van der Waals surface area contributed by atoms with Crippen molar-refractivity contribution in [1.82, 2.24) is 0 Å². The highest BCUT2D eigenvalue weighted by atomic mass is 16.4. The summed E-state index contributed by atoms with van der Waals surface area (Å²) in [5.74, 6) is 1.08. The summed E-state index contributed by atoms with van der Waals surface area (Å²) in [6.07, 6.45) is 1.73. The van der Waals surface area contributed by atoms with Crippen LogP contribution in [0.1, 0.15) is 70.0 Å². The lowest BCUT2D eigenvalue weighted by Crippen LogP contribution is -2.62. The Labute approximate surface area is 155 Å². The average molecular weight is 349 g/mol. The minimum atomic E-state index is -0.244. The van der Waals surface area contributed by atoms with Crippen molar-refractivity contribution < 1.29 is 8.83 Å². The number of hydrogen-bond acceptors (Lipinski definition) is 3. The van der Waals surface area contributed by atoms with Crippen molar-refractivity contribution in [3.8, 4) is 0 Å². The zero-order valence-electron chi connectivity index (χ0n) is 16.7. The molecule has 4 heterocycles. The lowest BCUT2D eigenvalue weighted by Gasteiger charge is -2.61. The highest BCUT2D eigenvalue weighted by Gasteiger charge is 2.66. The van der Waals surface area contributed by atoms with Crippen LogP contribution in [-0.4, -0.2) is 0 Å². The first-order chi connectivity index (χ1) is 12.1. The van der Waals surface area contributed by atoms with Gasteiger partial charge in [-0.05, 0) is 37.3 Å². The first-order valence-corrected chi connectivity index (χ1v) is 9.54. The molecule has 0 radical (unpaired) electrons. The largest absolute Gasteiger partial charge is 0.460 e. The maximum absolute atomic E-state index is 6.44. The second-order valence-corrected chi connectivity index (χ2v) is 9.30. The van der Waals surface area contributed by atoms with E-state index in [1.165, 1.54) is 22.4 Å². The van der Waals surface area contributed by atoms with Gasteiger partial charge < -0.3 is 13.7 Å². The molecule has 3 aromatic rings. The molecule has 0 saturated heterocycles. The molecule has 5 rings (SSSR count). The predicted molar refractivity (Wildman–Crippen MR) is 105 cm³/mol. The van der Waals surface area contributed by atoms with E-state index in [4.69, 9.17) is 8.83 Å². The summed E-state index contributed by atoms with van der Waals surface area (Å²) in [5, 5.41) is 0. The van der Waals surface area contributed by atoms with Crippen LogP contribution in [0.15, 0.2) is 39.4 Å². The number of rotatable bonds is 0. The van der Waals surface area contributed by atoms with E-state index < -0.39 is 0 Å². The number of fused-ring (bicyclic) bond motifs is 7. The van der Waals surface area contributed by atoms with E-state index in [9.17, 15) is 0 Å². The van der Waals surface area contributed by atoms with Gasteiger partial charge in [-0.2, -0.15) is 0 Å². The molecule has 2 aromatic heterocycles. The minimum absolute atomic E-state index is 0.00510. The summed E-state index contributed by atoms with van der Waals surface area (Å²) in [6, 6.07) is 8.87. The van der Waals surface area contributed by atoms with Crippen LogP contribution in [-0.2, 0) is 11.0 Å². The van der Waals surface area contributed by atoms with E-state index in [0.717, 1.165) is 16.9 Å². The van der Waals surface area contributed by atoms with E-state index in [1.54, 1.807) is 6.26 Å². The van der Waals surface area contributed by atoms with E-state index in [-0.39, 0.29) is 22.4 Å². The summed E-state index contributed by atoms with van der Waals surface area (Å²) in [6.45, 7) is 16.4. The Morgan fingerprint density at radius 3 is 2.50 bits per heavy atom. The molecule has 0 spiro atoms. The van der Waals surface area contributed by atoms with Gasteiger partial charge in [0.1, 0.15) is 11.3 Å². The summed E-state index contributed by atoms with van der Waals surface area (Å²) < 4.78 is 12.3. The molecule has 0 N–H and O–H groups in total. The first-order valence-electron chi connectivity index (χ1n) is 9.54. The van der Waals surface area contributed by atoms with Crippen LogP contribution in [0.4, 0.5) is 5.69 Å². The maximum atomic E-state index is 6.44. The van der Waals surface area contributed by atoms with Gasteiger partial charge in [0.2, 0.25) is 0 Å². The van der Waals surface area contributed by atoms with Gasteiger partial charge in [-0.3, -0.25) is 0 Å². The van der Waals surface area contributed by atoms with Crippen LogP contribution in [0.5, 0.6) is 0 Å². The van der Waals surface area contributed by atoms with Crippen molar-refractivity contribution >= 4 is 16.9 Å². The average Bonchev–Trinajstić information content (AvgIpc) is 3.19. The highest BCUT2D eigenvalue weighted by molar-refractivity contribution is 5.82. The number of para-hydroxylation sites is 1. The summed E-state index contributed by atoms with van der Waals surface area (Å²) in [5.41, 5.74) is 6.80. The van der Waals surface area contributed by atoms with Crippen LogP contribution < -0.4 is 4.90 Å². The summed E-state index contributed by atoms with van der Waals surface area (Å²) in [7, 11) is 0. The summed E-state index contributed by atoms with van der Waals surface area (Å²) >= 11 is 0. The molecule has 136 valence electrons. The third-order valence-corrected chi connectivity index (χ3v) is 7.99. The maximum Gasteiger partial charge on any atom is 0.177 e. The van der Waals surface area contributed by atoms with Crippen LogP contribution in [0, 0.1) is 12.3 Å². The molecule has 0 amide bonds. The van der Waals surface area contributed by atoms with Gasteiger partial charge in [-0.1, -0.05) is 45.9 Å². The fraction of sp³-hybridized carbons (Fsp3) is 0.478. The van der Waals surface area contributed by atoms with Gasteiger partial charge >= 0.3 is 0 Å². The van der Waals surface area contributed by atoms with Crippen LogP contribution in [0.3, 0.4) is 0 Å². The van der Waals surface area contributed by atoms with E-state index >= 15 is 0 Å². The quantitative estimate of drug-likeness (QED) is 0.467. The number of benzene rings is 1. The second-order valence-electron chi connectivity index (χ2n) is 9.30. The molecule has 0 fully saturated rings. The van der Waals surface area contributed by atoms with Gasteiger partial charge in [-0.25, -0.2) is 0 Å². The fourth-order valence-electron chi connectivity index (χ4n) is 5.64. The molecule has 2 aliphatic rings. The molecular formula is C23H27NO2. The fourth-order valence-corrected chi connectivity index (χ4v) is 5.64. The van der Waals surface area contributed by atoms with Gasteiger partial charge in [0.05, 0.1) is 17.9 Å². The normalized spacial score (nSPS) is 28.1. The zero-order valence-corrected chi connectivity index (χ0v) is 16.7. The molecule has 0 aliphatic carbocycles. The minimum Gasteiger partial charge on any atom is -0.460 e. The Kier molecular flexibility index (Phi) is 2.71. The topological polar surface area (TPSA) is 29.5 Å². The second kappa shape index (κ2) is 4.39. The number of aryl methyl sites for hydroxylation is 1. The third kappa shape index (κ3) is 1.42. The van der Waals surface area contributed by atoms with Crippen molar-refractivity contribution in [2.24, 2.45) is 5.41 Å². The molecule has 1 aromatic carbocycles. The number of furan rings is 2. The van der Waals surface area contributed by atoms with E-state index in [2.05, 4.69) is 71.6 Å². The molecule has 3 heteroatoms. The number of anilines is 1.